The maximum Gasteiger partial charge on any atom is 0.224 e. The van der Waals surface area contributed by atoms with Crippen LogP contribution in [0.3, 0.4) is 0 Å². The van der Waals surface area contributed by atoms with Crippen molar-refractivity contribution >= 4 is 18.3 Å². The molecule has 1 aliphatic rings. The van der Waals surface area contributed by atoms with Crippen LogP contribution in [0.1, 0.15) is 12.0 Å². The summed E-state index contributed by atoms with van der Waals surface area (Å²) >= 11 is 0. The molecule has 0 saturated carbocycles. The van der Waals surface area contributed by atoms with E-state index in [2.05, 4.69) is 10.6 Å². The monoisotopic (exact) mass is 314 g/mol. The first kappa shape index (κ1) is 17.8. The SMILES string of the molecule is COCCOc1ccc(CNC(=O)C2CCNC2)cc1.Cl. The van der Waals surface area contributed by atoms with Crippen molar-refractivity contribution in [2.45, 2.75) is 13.0 Å². The standard InChI is InChI=1S/C15H22N2O3.ClH/c1-19-8-9-20-14-4-2-12(3-5-14)10-17-15(18)13-6-7-16-11-13;/h2-5,13,16H,6-11H2,1H3,(H,17,18);1H. The number of rotatable bonds is 7. The minimum absolute atomic E-state index is 0. The van der Waals surface area contributed by atoms with E-state index < -0.39 is 0 Å². The number of halogens is 1. The minimum atomic E-state index is 0. The van der Waals surface area contributed by atoms with Crippen LogP contribution in [-0.4, -0.2) is 39.3 Å². The molecule has 1 aromatic carbocycles. The van der Waals surface area contributed by atoms with E-state index in [0.29, 0.717) is 19.8 Å². The smallest absolute Gasteiger partial charge is 0.224 e. The Hall–Kier alpha value is -1.30. The lowest BCUT2D eigenvalue weighted by molar-refractivity contribution is -0.124. The van der Waals surface area contributed by atoms with Crippen molar-refractivity contribution in [3.05, 3.63) is 29.8 Å². The lowest BCUT2D eigenvalue weighted by atomic mass is 10.1. The van der Waals surface area contributed by atoms with E-state index in [1.54, 1.807) is 7.11 Å². The highest BCUT2D eigenvalue weighted by Gasteiger charge is 2.21. The van der Waals surface area contributed by atoms with Gasteiger partial charge < -0.3 is 20.1 Å². The molecule has 118 valence electrons. The van der Waals surface area contributed by atoms with Crippen LogP contribution in [0.5, 0.6) is 5.75 Å². The molecule has 1 unspecified atom stereocenters. The van der Waals surface area contributed by atoms with Crippen LogP contribution in [0.15, 0.2) is 24.3 Å². The molecular weight excluding hydrogens is 292 g/mol. The van der Waals surface area contributed by atoms with E-state index in [1.165, 1.54) is 0 Å². The van der Waals surface area contributed by atoms with Crippen LogP contribution in [0.4, 0.5) is 0 Å². The third kappa shape index (κ3) is 5.91. The van der Waals surface area contributed by atoms with Crippen LogP contribution in [0.2, 0.25) is 0 Å². The largest absolute Gasteiger partial charge is 0.491 e. The fraction of sp³-hybridized carbons (Fsp3) is 0.533. The lowest BCUT2D eigenvalue weighted by Gasteiger charge is -2.10. The second-order valence-corrected chi connectivity index (χ2v) is 4.89. The average Bonchev–Trinajstić information content (AvgIpc) is 3.01. The number of ether oxygens (including phenoxy) is 2. The molecule has 2 N–H and O–H groups in total. The lowest BCUT2D eigenvalue weighted by Crippen LogP contribution is -2.31. The fourth-order valence-electron chi connectivity index (χ4n) is 2.16. The normalized spacial score (nSPS) is 17.1. The summed E-state index contributed by atoms with van der Waals surface area (Å²) in [6, 6.07) is 7.76. The zero-order valence-corrected chi connectivity index (χ0v) is 13.1. The summed E-state index contributed by atoms with van der Waals surface area (Å²) in [5, 5.41) is 6.17. The Morgan fingerprint density at radius 3 is 2.71 bits per heavy atom. The molecule has 21 heavy (non-hydrogen) atoms. The van der Waals surface area contributed by atoms with Crippen LogP contribution in [0.25, 0.3) is 0 Å². The number of methoxy groups -OCH3 is 1. The summed E-state index contributed by atoms with van der Waals surface area (Å²) in [4.78, 5) is 11.9. The average molecular weight is 315 g/mol. The maximum absolute atomic E-state index is 11.9. The van der Waals surface area contributed by atoms with Gasteiger partial charge in [-0.05, 0) is 30.7 Å². The topological polar surface area (TPSA) is 59.6 Å². The summed E-state index contributed by atoms with van der Waals surface area (Å²) in [6.45, 7) is 3.41. The summed E-state index contributed by atoms with van der Waals surface area (Å²) in [7, 11) is 1.65. The number of hydrogen-bond donors (Lipinski definition) is 2. The molecule has 5 nitrogen and oxygen atoms in total. The van der Waals surface area contributed by atoms with Gasteiger partial charge in [-0.25, -0.2) is 0 Å². The highest BCUT2D eigenvalue weighted by atomic mass is 35.5. The van der Waals surface area contributed by atoms with Crippen molar-refractivity contribution < 1.29 is 14.3 Å². The Morgan fingerprint density at radius 1 is 1.33 bits per heavy atom. The molecule has 0 aromatic heterocycles. The number of carbonyl (C=O) groups is 1. The van der Waals surface area contributed by atoms with E-state index >= 15 is 0 Å². The number of benzene rings is 1. The molecule has 0 radical (unpaired) electrons. The van der Waals surface area contributed by atoms with Gasteiger partial charge in [-0.1, -0.05) is 12.1 Å². The molecule has 0 bridgehead atoms. The molecular formula is C15H23ClN2O3. The molecule has 0 spiro atoms. The Balaban J connectivity index is 0.00000220. The molecule has 2 rings (SSSR count). The van der Waals surface area contributed by atoms with Gasteiger partial charge in [0.2, 0.25) is 5.91 Å². The van der Waals surface area contributed by atoms with Crippen molar-refractivity contribution in [3.8, 4) is 5.75 Å². The second kappa shape index (κ2) is 9.60. The third-order valence-electron chi connectivity index (χ3n) is 3.38. The van der Waals surface area contributed by atoms with Crippen LogP contribution < -0.4 is 15.4 Å². The summed E-state index contributed by atoms with van der Waals surface area (Å²) in [6.07, 6.45) is 0.929. The van der Waals surface area contributed by atoms with Crippen LogP contribution in [0, 0.1) is 5.92 Å². The number of carbonyl (C=O) groups excluding carboxylic acids is 1. The molecule has 1 amide bonds. The van der Waals surface area contributed by atoms with Crippen molar-refractivity contribution in [1.29, 1.82) is 0 Å². The summed E-state index contributed by atoms with van der Waals surface area (Å²) < 4.78 is 10.4. The molecule has 1 atom stereocenters. The predicted octanol–water partition coefficient (Wildman–Crippen LogP) is 1.36. The van der Waals surface area contributed by atoms with Crippen molar-refractivity contribution in [2.75, 3.05) is 33.4 Å². The van der Waals surface area contributed by atoms with Crippen LogP contribution >= 0.6 is 12.4 Å². The van der Waals surface area contributed by atoms with Gasteiger partial charge in [0.15, 0.2) is 0 Å². The van der Waals surface area contributed by atoms with E-state index in [9.17, 15) is 4.79 Å². The Kier molecular flexibility index (Phi) is 8.12. The van der Waals surface area contributed by atoms with Crippen molar-refractivity contribution in [3.63, 3.8) is 0 Å². The Bertz CT molecular complexity index is 419. The summed E-state index contributed by atoms with van der Waals surface area (Å²) in [5.74, 6) is 1.07. The molecule has 1 saturated heterocycles. The Labute approximate surface area is 131 Å². The minimum Gasteiger partial charge on any atom is -0.491 e. The van der Waals surface area contributed by atoms with Gasteiger partial charge in [0.25, 0.3) is 0 Å². The Morgan fingerprint density at radius 2 is 2.10 bits per heavy atom. The van der Waals surface area contributed by atoms with Gasteiger partial charge in [-0.2, -0.15) is 0 Å². The number of amides is 1. The van der Waals surface area contributed by atoms with E-state index in [1.807, 2.05) is 24.3 Å². The number of hydrogen-bond acceptors (Lipinski definition) is 4. The zero-order chi connectivity index (χ0) is 14.2. The first-order valence-electron chi connectivity index (χ1n) is 6.98. The third-order valence-corrected chi connectivity index (χ3v) is 3.38. The fourth-order valence-corrected chi connectivity index (χ4v) is 2.16. The highest BCUT2D eigenvalue weighted by molar-refractivity contribution is 5.85. The molecule has 1 heterocycles. The molecule has 6 heteroatoms. The first-order chi connectivity index (χ1) is 9.79. The molecule has 1 fully saturated rings. The van der Waals surface area contributed by atoms with Gasteiger partial charge in [0, 0.05) is 20.2 Å². The van der Waals surface area contributed by atoms with E-state index in [-0.39, 0.29) is 24.2 Å². The van der Waals surface area contributed by atoms with E-state index in [4.69, 9.17) is 9.47 Å². The van der Waals surface area contributed by atoms with Gasteiger partial charge in [-0.15, -0.1) is 12.4 Å². The first-order valence-corrected chi connectivity index (χ1v) is 6.98. The second-order valence-electron chi connectivity index (χ2n) is 4.89. The van der Waals surface area contributed by atoms with Crippen molar-refractivity contribution in [1.82, 2.24) is 10.6 Å². The highest BCUT2D eigenvalue weighted by Crippen LogP contribution is 2.12. The van der Waals surface area contributed by atoms with Gasteiger partial charge in [0.1, 0.15) is 12.4 Å². The molecule has 1 aliphatic heterocycles. The van der Waals surface area contributed by atoms with E-state index in [0.717, 1.165) is 30.8 Å². The van der Waals surface area contributed by atoms with Crippen molar-refractivity contribution in [2.24, 2.45) is 5.92 Å². The molecule has 1 aromatic rings. The number of nitrogens with one attached hydrogen (secondary N) is 2. The zero-order valence-electron chi connectivity index (χ0n) is 12.3. The maximum atomic E-state index is 11.9. The van der Waals surface area contributed by atoms with Gasteiger partial charge in [-0.3, -0.25) is 4.79 Å². The van der Waals surface area contributed by atoms with Gasteiger partial charge in [0.05, 0.1) is 12.5 Å². The molecule has 0 aliphatic carbocycles. The summed E-state index contributed by atoms with van der Waals surface area (Å²) in [5.41, 5.74) is 1.07. The van der Waals surface area contributed by atoms with Gasteiger partial charge >= 0.3 is 0 Å². The quantitative estimate of drug-likeness (QED) is 0.746. The van der Waals surface area contributed by atoms with Crippen LogP contribution in [-0.2, 0) is 16.1 Å². The predicted molar refractivity (Wildman–Crippen MR) is 83.9 cm³/mol.